The van der Waals surface area contributed by atoms with Crippen molar-refractivity contribution < 1.29 is 18.0 Å². The Hall–Kier alpha value is -5.19. The topological polar surface area (TPSA) is 98.8 Å². The van der Waals surface area contributed by atoms with Gasteiger partial charge in [0.2, 0.25) is 5.82 Å². The highest BCUT2D eigenvalue weighted by atomic mass is 19.4. The van der Waals surface area contributed by atoms with Gasteiger partial charge in [0.1, 0.15) is 0 Å². The molecule has 1 aliphatic rings. The number of hydrogen-bond donors (Lipinski definition) is 3. The van der Waals surface area contributed by atoms with Crippen LogP contribution in [0.25, 0.3) is 22.5 Å². The van der Waals surface area contributed by atoms with Crippen LogP contribution in [-0.2, 0) is 6.42 Å². The number of H-pyrrole nitrogens is 1. The number of amides is 2. The summed E-state index contributed by atoms with van der Waals surface area (Å²) < 4.78 is 40.4. The third-order valence-corrected chi connectivity index (χ3v) is 7.81. The normalized spacial score (nSPS) is 13.0. The third kappa shape index (κ3) is 7.86. The van der Waals surface area contributed by atoms with Gasteiger partial charge in [0.25, 0.3) is 0 Å². The zero-order valence-electron chi connectivity index (χ0n) is 24.4. The van der Waals surface area contributed by atoms with Crippen LogP contribution < -0.4 is 15.5 Å². The minimum Gasteiger partial charge on any atom is -0.369 e. The number of alkyl halides is 3. The molecule has 8 nitrogen and oxygen atoms in total. The van der Waals surface area contributed by atoms with Gasteiger partial charge in [-0.15, -0.1) is 10.2 Å². The van der Waals surface area contributed by atoms with E-state index in [2.05, 4.69) is 31.3 Å². The Morgan fingerprint density at radius 3 is 2.29 bits per heavy atom. The Balaban J connectivity index is 1.34. The highest BCUT2D eigenvalue weighted by molar-refractivity contribution is 6.02. The average molecular weight is 612 g/mol. The second-order valence-electron chi connectivity index (χ2n) is 11.1. The molecule has 1 heterocycles. The van der Waals surface area contributed by atoms with E-state index >= 15 is 0 Å². The van der Waals surface area contributed by atoms with Crippen molar-refractivity contribution in [3.05, 3.63) is 108 Å². The smallest absolute Gasteiger partial charge is 0.369 e. The van der Waals surface area contributed by atoms with Gasteiger partial charge >= 0.3 is 12.2 Å². The highest BCUT2D eigenvalue weighted by Gasteiger charge is 2.29. The summed E-state index contributed by atoms with van der Waals surface area (Å²) in [6.07, 6.45) is -2.45. The quantitative estimate of drug-likeness (QED) is 0.140. The monoisotopic (exact) mass is 611 g/mol. The second kappa shape index (κ2) is 13.2. The molecule has 1 fully saturated rings. The third-order valence-electron chi connectivity index (χ3n) is 7.81. The fraction of sp³-hybridized carbons (Fsp3) is 0.235. The minimum atomic E-state index is -4.34. The predicted molar refractivity (Wildman–Crippen MR) is 169 cm³/mol. The number of tetrazole rings is 1. The van der Waals surface area contributed by atoms with Gasteiger partial charge in [-0.25, -0.2) is 4.79 Å². The molecule has 3 N–H and O–H groups in total. The van der Waals surface area contributed by atoms with E-state index in [1.165, 1.54) is 18.4 Å². The number of urea groups is 1. The van der Waals surface area contributed by atoms with Crippen LogP contribution in [-0.4, -0.2) is 45.9 Å². The molecule has 5 aromatic rings. The van der Waals surface area contributed by atoms with Crippen LogP contribution in [0.4, 0.5) is 35.0 Å². The number of carbonyl (C=O) groups excluding carboxylic acids is 1. The molecule has 0 bridgehead atoms. The van der Waals surface area contributed by atoms with E-state index in [0.29, 0.717) is 47.3 Å². The second-order valence-corrected chi connectivity index (χ2v) is 11.1. The summed E-state index contributed by atoms with van der Waals surface area (Å²) in [5.74, 6) is 0.985. The van der Waals surface area contributed by atoms with Crippen molar-refractivity contribution in [2.45, 2.75) is 37.8 Å². The standard InChI is InChI=1S/C34H32F3N7O/c35-34(36,37)19-21-44(20-18-23-6-2-1-3-7-23)31-17-14-26(28-8-4-5-9-29(28)32-40-42-43-41-32)22-30(31)39-33(45)38-27-15-12-25(13-16-27)24-10-11-24/h1-9,12-17,22,24H,10-11,18-21H2,(H2,38,39,45)(H,40,41,42,43). The van der Waals surface area contributed by atoms with Crippen LogP contribution in [0.15, 0.2) is 97.1 Å². The van der Waals surface area contributed by atoms with Crippen LogP contribution in [0, 0.1) is 0 Å². The predicted octanol–water partition coefficient (Wildman–Crippen LogP) is 8.06. The summed E-state index contributed by atoms with van der Waals surface area (Å²) in [6.45, 7) is 0.0475. The van der Waals surface area contributed by atoms with Crippen molar-refractivity contribution in [2.75, 3.05) is 28.6 Å². The molecule has 0 spiro atoms. The van der Waals surface area contributed by atoms with E-state index < -0.39 is 18.6 Å². The van der Waals surface area contributed by atoms with Gasteiger partial charge in [-0.2, -0.15) is 18.4 Å². The molecule has 6 rings (SSSR count). The number of hydrogen-bond acceptors (Lipinski definition) is 5. The first kappa shape index (κ1) is 29.9. The van der Waals surface area contributed by atoms with E-state index in [1.807, 2.05) is 84.9 Å². The first-order chi connectivity index (χ1) is 21.8. The molecule has 1 aliphatic carbocycles. The maximum absolute atomic E-state index is 13.5. The van der Waals surface area contributed by atoms with E-state index in [1.54, 1.807) is 17.0 Å². The molecule has 0 atom stereocenters. The van der Waals surface area contributed by atoms with Crippen LogP contribution in [0.5, 0.6) is 0 Å². The number of anilines is 3. The first-order valence-electron chi connectivity index (χ1n) is 14.8. The number of benzene rings is 4. The van der Waals surface area contributed by atoms with Gasteiger partial charge < -0.3 is 15.5 Å². The molecule has 0 saturated heterocycles. The fourth-order valence-electron chi connectivity index (χ4n) is 5.35. The van der Waals surface area contributed by atoms with Crippen molar-refractivity contribution in [3.63, 3.8) is 0 Å². The Morgan fingerprint density at radius 2 is 1.60 bits per heavy atom. The lowest BCUT2D eigenvalue weighted by atomic mass is 9.98. The Kier molecular flexibility index (Phi) is 8.77. The van der Waals surface area contributed by atoms with Gasteiger partial charge in [0.15, 0.2) is 0 Å². The highest BCUT2D eigenvalue weighted by Crippen LogP contribution is 2.40. The maximum atomic E-state index is 13.5. The summed E-state index contributed by atoms with van der Waals surface area (Å²) in [6, 6.07) is 29.7. The maximum Gasteiger partial charge on any atom is 0.390 e. The van der Waals surface area contributed by atoms with Crippen molar-refractivity contribution >= 4 is 23.1 Å². The van der Waals surface area contributed by atoms with Gasteiger partial charge in [-0.3, -0.25) is 0 Å². The SMILES string of the molecule is O=C(Nc1ccc(C2CC2)cc1)Nc1cc(-c2ccccc2-c2nn[nH]n2)ccc1N(CCc1ccccc1)CCC(F)(F)F. The molecule has 1 aromatic heterocycles. The summed E-state index contributed by atoms with van der Waals surface area (Å²) in [5.41, 5.74) is 5.93. The molecule has 230 valence electrons. The number of carbonyl (C=O) groups is 1. The lowest BCUT2D eigenvalue weighted by Gasteiger charge is -2.28. The van der Waals surface area contributed by atoms with Crippen molar-refractivity contribution in [2.24, 2.45) is 0 Å². The molecule has 0 radical (unpaired) electrons. The number of halogens is 3. The summed E-state index contributed by atoms with van der Waals surface area (Å²) in [7, 11) is 0. The van der Waals surface area contributed by atoms with Crippen molar-refractivity contribution in [1.29, 1.82) is 0 Å². The summed E-state index contributed by atoms with van der Waals surface area (Å²) in [4.78, 5) is 15.0. The Morgan fingerprint density at radius 1 is 0.867 bits per heavy atom. The van der Waals surface area contributed by atoms with E-state index in [-0.39, 0.29) is 6.54 Å². The van der Waals surface area contributed by atoms with E-state index in [0.717, 1.165) is 16.7 Å². The van der Waals surface area contributed by atoms with Crippen LogP contribution >= 0.6 is 0 Å². The fourth-order valence-corrected chi connectivity index (χ4v) is 5.35. The largest absolute Gasteiger partial charge is 0.390 e. The Bertz CT molecular complexity index is 1720. The molecular weight excluding hydrogens is 579 g/mol. The lowest BCUT2D eigenvalue weighted by Crippen LogP contribution is -2.31. The average Bonchev–Trinajstić information content (AvgIpc) is 3.75. The molecule has 1 saturated carbocycles. The molecule has 2 amide bonds. The van der Waals surface area contributed by atoms with Crippen LogP contribution in [0.3, 0.4) is 0 Å². The molecule has 45 heavy (non-hydrogen) atoms. The van der Waals surface area contributed by atoms with Crippen molar-refractivity contribution in [3.8, 4) is 22.5 Å². The van der Waals surface area contributed by atoms with Crippen LogP contribution in [0.2, 0.25) is 0 Å². The number of aromatic nitrogens is 4. The Labute approximate surface area is 258 Å². The number of rotatable bonds is 11. The molecule has 0 aliphatic heterocycles. The zero-order chi connectivity index (χ0) is 31.2. The van der Waals surface area contributed by atoms with Gasteiger partial charge in [-0.1, -0.05) is 72.8 Å². The summed E-state index contributed by atoms with van der Waals surface area (Å²) in [5, 5.41) is 20.2. The molecule has 11 heteroatoms. The molecular formula is C34H32F3N7O. The number of aromatic amines is 1. The minimum absolute atomic E-state index is 0.270. The van der Waals surface area contributed by atoms with E-state index in [4.69, 9.17) is 0 Å². The first-order valence-corrected chi connectivity index (χ1v) is 14.8. The lowest BCUT2D eigenvalue weighted by molar-refractivity contribution is -0.132. The number of nitrogens with zero attached hydrogens (tertiary/aromatic N) is 4. The van der Waals surface area contributed by atoms with Gasteiger partial charge in [0.05, 0.1) is 17.8 Å². The van der Waals surface area contributed by atoms with E-state index in [9.17, 15) is 18.0 Å². The molecule has 4 aromatic carbocycles. The molecule has 0 unspecified atom stereocenters. The summed E-state index contributed by atoms with van der Waals surface area (Å²) >= 11 is 0. The van der Waals surface area contributed by atoms with Crippen LogP contribution in [0.1, 0.15) is 36.3 Å². The number of nitrogens with one attached hydrogen (secondary N) is 3. The van der Waals surface area contributed by atoms with Crippen molar-refractivity contribution in [1.82, 2.24) is 20.6 Å². The van der Waals surface area contributed by atoms with Gasteiger partial charge in [-0.05, 0) is 76.9 Å². The zero-order valence-corrected chi connectivity index (χ0v) is 24.4. The van der Waals surface area contributed by atoms with Gasteiger partial charge in [0, 0.05) is 24.3 Å².